The molecular weight excluding hydrogens is 438 g/mol. The summed E-state index contributed by atoms with van der Waals surface area (Å²) in [6.07, 6.45) is 7.16. The summed E-state index contributed by atoms with van der Waals surface area (Å²) in [6.45, 7) is 1.05. The van der Waals surface area contributed by atoms with Gasteiger partial charge < -0.3 is 30.0 Å². The number of fused-ring (bicyclic) bond motifs is 1. The van der Waals surface area contributed by atoms with Crippen molar-refractivity contribution >= 4 is 28.9 Å². The van der Waals surface area contributed by atoms with Gasteiger partial charge in [-0.25, -0.2) is 4.98 Å². The molecule has 0 unspecified atom stereocenters. The molecule has 1 amide bonds. The first-order valence-corrected chi connectivity index (χ1v) is 11.5. The van der Waals surface area contributed by atoms with Crippen molar-refractivity contribution in [2.24, 2.45) is 0 Å². The first-order chi connectivity index (χ1) is 16.6. The number of pyridine rings is 1. The topological polar surface area (TPSA) is 124 Å². The van der Waals surface area contributed by atoms with Gasteiger partial charge in [-0.3, -0.25) is 9.59 Å². The maximum Gasteiger partial charge on any atom is 0.274 e. The fourth-order valence-electron chi connectivity index (χ4n) is 4.53. The average Bonchev–Trinajstić information content (AvgIpc) is 3.24. The molecule has 0 radical (unpaired) electrons. The second-order valence-electron chi connectivity index (χ2n) is 8.72. The summed E-state index contributed by atoms with van der Waals surface area (Å²) in [5.74, 6) is 0.839. The van der Waals surface area contributed by atoms with Gasteiger partial charge in [0.15, 0.2) is 5.65 Å². The lowest BCUT2D eigenvalue weighted by molar-refractivity contribution is -0.0247. The SMILES string of the molecule is CNc1cc(Nc2cccn(C3COC3)c2=O)nc2c(C(=O)N[C@H]3CCC[C@H](OC)C3)cnn12. The summed E-state index contributed by atoms with van der Waals surface area (Å²) in [6, 6.07) is 5.36. The van der Waals surface area contributed by atoms with Crippen LogP contribution in [0.15, 0.2) is 35.4 Å². The maximum atomic E-state index is 13.1. The highest BCUT2D eigenvalue weighted by Gasteiger charge is 2.26. The number of anilines is 3. The van der Waals surface area contributed by atoms with Crippen LogP contribution in [0, 0.1) is 0 Å². The zero-order chi connectivity index (χ0) is 23.7. The lowest BCUT2D eigenvalue weighted by Crippen LogP contribution is -2.40. The summed E-state index contributed by atoms with van der Waals surface area (Å²) in [5, 5.41) is 13.7. The van der Waals surface area contributed by atoms with Crippen molar-refractivity contribution in [2.75, 3.05) is 38.0 Å². The van der Waals surface area contributed by atoms with Crippen LogP contribution < -0.4 is 21.5 Å². The van der Waals surface area contributed by atoms with Crippen LogP contribution in [-0.4, -0.2) is 64.6 Å². The summed E-state index contributed by atoms with van der Waals surface area (Å²) in [5.41, 5.74) is 1.01. The number of nitrogens with one attached hydrogen (secondary N) is 3. The van der Waals surface area contributed by atoms with Gasteiger partial charge in [0.25, 0.3) is 11.5 Å². The monoisotopic (exact) mass is 467 g/mol. The van der Waals surface area contributed by atoms with Crippen LogP contribution in [0.5, 0.6) is 0 Å². The van der Waals surface area contributed by atoms with E-state index in [1.54, 1.807) is 41.6 Å². The van der Waals surface area contributed by atoms with Crippen LogP contribution in [0.4, 0.5) is 17.3 Å². The van der Waals surface area contributed by atoms with E-state index < -0.39 is 0 Å². The molecule has 11 heteroatoms. The lowest BCUT2D eigenvalue weighted by atomic mass is 9.92. The van der Waals surface area contributed by atoms with E-state index in [2.05, 4.69) is 26.0 Å². The molecule has 1 saturated carbocycles. The fourth-order valence-corrected chi connectivity index (χ4v) is 4.53. The first-order valence-electron chi connectivity index (χ1n) is 11.5. The van der Waals surface area contributed by atoms with Crippen LogP contribution in [0.3, 0.4) is 0 Å². The Morgan fingerprint density at radius 3 is 2.88 bits per heavy atom. The number of rotatable bonds is 7. The number of carbonyl (C=O) groups excluding carboxylic acids is 1. The van der Waals surface area contributed by atoms with Crippen molar-refractivity contribution < 1.29 is 14.3 Å². The predicted molar refractivity (Wildman–Crippen MR) is 127 cm³/mol. The Balaban J connectivity index is 1.43. The van der Waals surface area contributed by atoms with E-state index in [1.165, 1.54) is 6.20 Å². The minimum atomic E-state index is -0.226. The van der Waals surface area contributed by atoms with Crippen molar-refractivity contribution in [2.45, 2.75) is 43.9 Å². The van der Waals surface area contributed by atoms with Gasteiger partial charge in [-0.1, -0.05) is 0 Å². The van der Waals surface area contributed by atoms with Gasteiger partial charge in [0.2, 0.25) is 0 Å². The molecule has 1 aliphatic carbocycles. The number of hydrogen-bond acceptors (Lipinski definition) is 8. The van der Waals surface area contributed by atoms with Gasteiger partial charge >= 0.3 is 0 Å². The highest BCUT2D eigenvalue weighted by atomic mass is 16.5. The molecule has 2 atom stereocenters. The van der Waals surface area contributed by atoms with Crippen LogP contribution in [-0.2, 0) is 9.47 Å². The molecule has 5 rings (SSSR count). The third-order valence-corrected chi connectivity index (χ3v) is 6.52. The number of carbonyl (C=O) groups is 1. The molecule has 34 heavy (non-hydrogen) atoms. The molecule has 3 N–H and O–H groups in total. The maximum absolute atomic E-state index is 13.1. The highest BCUT2D eigenvalue weighted by molar-refractivity contribution is 6.00. The summed E-state index contributed by atoms with van der Waals surface area (Å²) < 4.78 is 13.9. The zero-order valence-electron chi connectivity index (χ0n) is 19.3. The molecule has 3 aromatic heterocycles. The average molecular weight is 468 g/mol. The Bertz CT molecular complexity index is 1250. The van der Waals surface area contributed by atoms with Gasteiger partial charge in [-0.15, -0.1) is 0 Å². The van der Waals surface area contributed by atoms with Crippen LogP contribution in [0.2, 0.25) is 0 Å². The summed E-state index contributed by atoms with van der Waals surface area (Å²) >= 11 is 0. The van der Waals surface area contributed by atoms with Crippen LogP contribution >= 0.6 is 0 Å². The minimum absolute atomic E-state index is 0.0418. The van der Waals surface area contributed by atoms with Crippen molar-refractivity contribution in [3.8, 4) is 0 Å². The molecule has 180 valence electrons. The van der Waals surface area contributed by atoms with Crippen molar-refractivity contribution in [3.63, 3.8) is 0 Å². The molecule has 1 aliphatic heterocycles. The Kier molecular flexibility index (Phi) is 6.20. The third kappa shape index (κ3) is 4.24. The molecule has 3 aromatic rings. The smallest absolute Gasteiger partial charge is 0.274 e. The first kappa shape index (κ1) is 22.4. The molecule has 2 fully saturated rings. The van der Waals surface area contributed by atoms with Gasteiger partial charge in [0.05, 0.1) is 31.6 Å². The molecular formula is C23H29N7O4. The fraction of sp³-hybridized carbons (Fsp3) is 0.478. The number of amides is 1. The van der Waals surface area contributed by atoms with E-state index in [4.69, 9.17) is 9.47 Å². The van der Waals surface area contributed by atoms with E-state index in [-0.39, 0.29) is 29.7 Å². The van der Waals surface area contributed by atoms with Crippen molar-refractivity contribution in [1.82, 2.24) is 24.5 Å². The molecule has 1 saturated heterocycles. The summed E-state index contributed by atoms with van der Waals surface area (Å²) in [4.78, 5) is 30.7. The highest BCUT2D eigenvalue weighted by Crippen LogP contribution is 2.24. The Hall–Kier alpha value is -3.44. The normalized spacial score (nSPS) is 20.6. The number of methoxy groups -OCH3 is 1. The minimum Gasteiger partial charge on any atom is -0.381 e. The molecule has 2 aliphatic rings. The molecule has 0 aromatic carbocycles. The third-order valence-electron chi connectivity index (χ3n) is 6.52. The van der Waals surface area contributed by atoms with Gasteiger partial charge in [0.1, 0.15) is 22.9 Å². The zero-order valence-corrected chi connectivity index (χ0v) is 19.3. The second-order valence-corrected chi connectivity index (χ2v) is 8.72. The Morgan fingerprint density at radius 2 is 2.15 bits per heavy atom. The van der Waals surface area contributed by atoms with Crippen LogP contribution in [0.25, 0.3) is 5.65 Å². The second kappa shape index (κ2) is 9.43. The van der Waals surface area contributed by atoms with Crippen molar-refractivity contribution in [3.05, 3.63) is 46.5 Å². The number of aromatic nitrogens is 4. The quantitative estimate of drug-likeness (QED) is 0.482. The Labute approximate surface area is 196 Å². The van der Waals surface area contributed by atoms with E-state index in [0.29, 0.717) is 41.7 Å². The van der Waals surface area contributed by atoms with E-state index >= 15 is 0 Å². The van der Waals surface area contributed by atoms with E-state index in [9.17, 15) is 9.59 Å². The van der Waals surface area contributed by atoms with Gasteiger partial charge in [-0.2, -0.15) is 9.61 Å². The van der Waals surface area contributed by atoms with Gasteiger partial charge in [0, 0.05) is 32.5 Å². The number of nitrogens with zero attached hydrogens (tertiary/aromatic N) is 4. The molecule has 4 heterocycles. The predicted octanol–water partition coefficient (Wildman–Crippen LogP) is 1.93. The van der Waals surface area contributed by atoms with Crippen LogP contribution in [0.1, 0.15) is 42.1 Å². The molecule has 0 spiro atoms. The Morgan fingerprint density at radius 1 is 1.29 bits per heavy atom. The standard InChI is InChI=1S/C23H29N7O4/c1-24-20-10-19(27-18-7-4-8-29(23(18)32)15-12-34-13-15)28-21-17(11-25-30(20)21)22(31)26-14-5-3-6-16(9-14)33-2/h4,7-8,10-11,14-16,24H,3,5-6,9,12-13H2,1-2H3,(H,26,31)(H,27,28)/t14-,16-/m0/s1. The van der Waals surface area contributed by atoms with Crippen molar-refractivity contribution in [1.29, 1.82) is 0 Å². The number of ether oxygens (including phenoxy) is 2. The van der Waals surface area contributed by atoms with E-state index in [0.717, 1.165) is 25.7 Å². The van der Waals surface area contributed by atoms with Gasteiger partial charge in [-0.05, 0) is 37.8 Å². The molecule has 0 bridgehead atoms. The molecule has 11 nitrogen and oxygen atoms in total. The van der Waals surface area contributed by atoms with E-state index in [1.807, 2.05) is 6.07 Å². The lowest BCUT2D eigenvalue weighted by Gasteiger charge is -2.28. The summed E-state index contributed by atoms with van der Waals surface area (Å²) in [7, 11) is 3.47. The number of hydrogen-bond donors (Lipinski definition) is 3. The largest absolute Gasteiger partial charge is 0.381 e.